The van der Waals surface area contributed by atoms with Gasteiger partial charge in [0.15, 0.2) is 0 Å². The Kier molecular flexibility index (Phi) is 2.58. The van der Waals surface area contributed by atoms with Crippen molar-refractivity contribution in [3.05, 3.63) is 23.5 Å². The summed E-state index contributed by atoms with van der Waals surface area (Å²) in [5.74, 6) is 2.80. The maximum absolute atomic E-state index is 10.1. The van der Waals surface area contributed by atoms with E-state index in [2.05, 4.69) is 11.1 Å². The van der Waals surface area contributed by atoms with Crippen LogP contribution in [0.15, 0.2) is 12.3 Å². The zero-order valence-corrected chi connectivity index (χ0v) is 11.4. The van der Waals surface area contributed by atoms with Crippen molar-refractivity contribution >= 4 is 0 Å². The second-order valence-corrected chi connectivity index (χ2v) is 7.25. The highest BCUT2D eigenvalue weighted by Gasteiger charge is 2.52. The van der Waals surface area contributed by atoms with Crippen LogP contribution in [0.4, 0.5) is 0 Å². The lowest BCUT2D eigenvalue weighted by molar-refractivity contribution is -0.00653. The first kappa shape index (κ1) is 12.0. The number of aliphatic hydroxyl groups is 1. The van der Waals surface area contributed by atoms with E-state index in [1.807, 2.05) is 6.20 Å². The Balaban J connectivity index is 1.74. The number of aromatic amines is 1. The standard InChI is InChI=1S/C16H24N2O/c17-9-14(19)15-13(1-2-18-15)16-6-10-3-11(7-16)5-12(4-10)8-16/h1-2,10-12,14,18-19H,3-9,17H2. The van der Waals surface area contributed by atoms with Gasteiger partial charge in [-0.3, -0.25) is 0 Å². The van der Waals surface area contributed by atoms with E-state index < -0.39 is 6.10 Å². The molecule has 4 N–H and O–H groups in total. The van der Waals surface area contributed by atoms with Crippen molar-refractivity contribution in [3.8, 4) is 0 Å². The molecule has 4 aliphatic rings. The molecule has 1 aromatic heterocycles. The fourth-order valence-corrected chi connectivity index (χ4v) is 5.68. The third-order valence-electron chi connectivity index (χ3n) is 5.95. The zero-order valence-electron chi connectivity index (χ0n) is 11.4. The summed E-state index contributed by atoms with van der Waals surface area (Å²) in [5, 5.41) is 10.1. The molecule has 0 aromatic carbocycles. The average molecular weight is 260 g/mol. The van der Waals surface area contributed by atoms with Crippen molar-refractivity contribution in [2.75, 3.05) is 6.54 Å². The molecule has 1 unspecified atom stereocenters. The summed E-state index contributed by atoms with van der Waals surface area (Å²) in [6.07, 6.45) is 9.83. The zero-order chi connectivity index (χ0) is 13.0. The van der Waals surface area contributed by atoms with E-state index in [1.54, 1.807) is 0 Å². The van der Waals surface area contributed by atoms with Gasteiger partial charge >= 0.3 is 0 Å². The summed E-state index contributed by atoms with van der Waals surface area (Å²) in [4.78, 5) is 3.25. The molecule has 104 valence electrons. The van der Waals surface area contributed by atoms with Crippen LogP contribution in [0.5, 0.6) is 0 Å². The molecule has 0 saturated heterocycles. The topological polar surface area (TPSA) is 62.0 Å². The van der Waals surface area contributed by atoms with Gasteiger partial charge in [-0.1, -0.05) is 0 Å². The lowest BCUT2D eigenvalue weighted by atomic mass is 9.48. The molecule has 0 spiro atoms. The molecule has 4 fully saturated rings. The van der Waals surface area contributed by atoms with Crippen LogP contribution in [-0.4, -0.2) is 16.6 Å². The first-order valence-electron chi connectivity index (χ1n) is 7.76. The van der Waals surface area contributed by atoms with Gasteiger partial charge in [-0.05, 0) is 73.3 Å². The van der Waals surface area contributed by atoms with Crippen LogP contribution in [0.1, 0.15) is 55.9 Å². The predicted octanol–water partition coefficient (Wildman–Crippen LogP) is 2.47. The Labute approximate surface area is 114 Å². The Morgan fingerprint density at radius 2 is 1.79 bits per heavy atom. The van der Waals surface area contributed by atoms with Crippen LogP contribution in [-0.2, 0) is 5.41 Å². The number of rotatable bonds is 3. The molecule has 1 aromatic rings. The Hall–Kier alpha value is -0.800. The lowest BCUT2D eigenvalue weighted by Crippen LogP contribution is -2.48. The second-order valence-electron chi connectivity index (χ2n) is 7.25. The van der Waals surface area contributed by atoms with Gasteiger partial charge in [-0.2, -0.15) is 0 Å². The van der Waals surface area contributed by atoms with Crippen molar-refractivity contribution in [2.45, 2.75) is 50.0 Å². The Morgan fingerprint density at radius 1 is 1.21 bits per heavy atom. The van der Waals surface area contributed by atoms with E-state index in [9.17, 15) is 5.11 Å². The molecule has 1 atom stereocenters. The van der Waals surface area contributed by atoms with Gasteiger partial charge in [-0.25, -0.2) is 0 Å². The van der Waals surface area contributed by atoms with E-state index in [4.69, 9.17) is 5.73 Å². The molecular weight excluding hydrogens is 236 g/mol. The molecular formula is C16H24N2O. The summed E-state index contributed by atoms with van der Waals surface area (Å²) in [6.45, 7) is 0.305. The minimum absolute atomic E-state index is 0.305. The summed E-state index contributed by atoms with van der Waals surface area (Å²) in [5.41, 5.74) is 8.37. The molecule has 4 saturated carbocycles. The number of nitrogens with one attached hydrogen (secondary N) is 1. The third-order valence-corrected chi connectivity index (χ3v) is 5.95. The van der Waals surface area contributed by atoms with Crippen molar-refractivity contribution in [3.63, 3.8) is 0 Å². The van der Waals surface area contributed by atoms with Gasteiger partial charge in [0, 0.05) is 18.4 Å². The van der Waals surface area contributed by atoms with Gasteiger partial charge in [-0.15, -0.1) is 0 Å². The van der Waals surface area contributed by atoms with Crippen molar-refractivity contribution in [1.29, 1.82) is 0 Å². The molecule has 4 bridgehead atoms. The Morgan fingerprint density at radius 3 is 2.32 bits per heavy atom. The summed E-state index contributed by atoms with van der Waals surface area (Å²) in [7, 11) is 0. The molecule has 3 nitrogen and oxygen atoms in total. The van der Waals surface area contributed by atoms with Gasteiger partial charge < -0.3 is 15.8 Å². The number of aliphatic hydroxyl groups excluding tert-OH is 1. The quantitative estimate of drug-likeness (QED) is 0.782. The van der Waals surface area contributed by atoms with Crippen molar-refractivity contribution in [1.82, 2.24) is 4.98 Å². The lowest BCUT2D eigenvalue weighted by Gasteiger charge is -2.57. The van der Waals surface area contributed by atoms with Crippen molar-refractivity contribution in [2.24, 2.45) is 23.5 Å². The molecule has 3 heteroatoms. The van der Waals surface area contributed by atoms with Gasteiger partial charge in [0.1, 0.15) is 6.10 Å². The van der Waals surface area contributed by atoms with E-state index in [1.165, 1.54) is 44.1 Å². The molecule has 0 aliphatic heterocycles. The molecule has 1 heterocycles. The van der Waals surface area contributed by atoms with Crippen LogP contribution in [0.3, 0.4) is 0 Å². The highest BCUT2D eigenvalue weighted by molar-refractivity contribution is 5.34. The summed E-state index contributed by atoms with van der Waals surface area (Å²) >= 11 is 0. The second kappa shape index (κ2) is 4.10. The molecule has 0 amide bonds. The highest BCUT2D eigenvalue weighted by Crippen LogP contribution is 2.61. The normalized spacial score (nSPS) is 41.7. The SMILES string of the molecule is NCC(O)c1[nH]ccc1C12CC3CC(CC(C3)C1)C2. The molecule has 19 heavy (non-hydrogen) atoms. The Bertz CT molecular complexity index is 444. The maximum Gasteiger partial charge on any atom is 0.106 e. The van der Waals surface area contributed by atoms with Gasteiger partial charge in [0.25, 0.3) is 0 Å². The van der Waals surface area contributed by atoms with E-state index in [0.29, 0.717) is 12.0 Å². The average Bonchev–Trinajstić information content (AvgIpc) is 2.86. The van der Waals surface area contributed by atoms with Crippen molar-refractivity contribution < 1.29 is 5.11 Å². The maximum atomic E-state index is 10.1. The monoisotopic (exact) mass is 260 g/mol. The van der Waals surface area contributed by atoms with Gasteiger partial charge in [0.2, 0.25) is 0 Å². The molecule has 4 aliphatic carbocycles. The van der Waals surface area contributed by atoms with Crippen LogP contribution in [0.25, 0.3) is 0 Å². The number of hydrogen-bond acceptors (Lipinski definition) is 2. The van der Waals surface area contributed by atoms with Crippen LogP contribution in [0, 0.1) is 17.8 Å². The van der Waals surface area contributed by atoms with E-state index >= 15 is 0 Å². The number of nitrogens with two attached hydrogens (primary N) is 1. The summed E-state index contributed by atoms with van der Waals surface area (Å²) in [6, 6.07) is 2.21. The van der Waals surface area contributed by atoms with Gasteiger partial charge in [0.05, 0.1) is 0 Å². The predicted molar refractivity (Wildman–Crippen MR) is 74.7 cm³/mol. The summed E-state index contributed by atoms with van der Waals surface area (Å²) < 4.78 is 0. The third kappa shape index (κ3) is 1.71. The van der Waals surface area contributed by atoms with E-state index in [0.717, 1.165) is 23.4 Å². The fraction of sp³-hybridized carbons (Fsp3) is 0.750. The number of hydrogen-bond donors (Lipinski definition) is 3. The first-order chi connectivity index (χ1) is 9.20. The van der Waals surface area contributed by atoms with Crippen LogP contribution >= 0.6 is 0 Å². The fourth-order valence-electron chi connectivity index (χ4n) is 5.68. The van der Waals surface area contributed by atoms with E-state index in [-0.39, 0.29) is 0 Å². The highest BCUT2D eigenvalue weighted by atomic mass is 16.3. The molecule has 0 radical (unpaired) electrons. The van der Waals surface area contributed by atoms with Crippen LogP contribution in [0.2, 0.25) is 0 Å². The first-order valence-corrected chi connectivity index (χ1v) is 7.76. The number of aromatic nitrogens is 1. The number of H-pyrrole nitrogens is 1. The molecule has 5 rings (SSSR count). The van der Waals surface area contributed by atoms with Crippen LogP contribution < -0.4 is 5.73 Å². The minimum Gasteiger partial charge on any atom is -0.386 e. The largest absolute Gasteiger partial charge is 0.386 e. The minimum atomic E-state index is -0.530. The smallest absolute Gasteiger partial charge is 0.106 e.